The van der Waals surface area contributed by atoms with Gasteiger partial charge in [-0.3, -0.25) is 9.36 Å². The molecule has 2 fully saturated rings. The Morgan fingerprint density at radius 1 is 1.00 bits per heavy atom. The Balaban J connectivity index is 1.33. The Kier molecular flexibility index (Phi) is 8.64. The molecular weight excluding hydrogens is 562 g/mol. The lowest BCUT2D eigenvalue weighted by Gasteiger charge is -2.26. The van der Waals surface area contributed by atoms with E-state index in [2.05, 4.69) is 45.2 Å². The molecule has 2 aromatic heterocycles. The Morgan fingerprint density at radius 2 is 1.68 bits per heavy atom. The van der Waals surface area contributed by atoms with Crippen molar-refractivity contribution in [3.05, 3.63) is 78.1 Å². The standard InChI is InChI=1S/C32H39N7O5/c1-2-33-30(43)27-25(41)26(42)31(44-27)39-18-35-24-28(37-32(38-29(24)39)36-21-13-15-22(40)16-14-21)34-17-23(19-9-5-3-6-10-19)20-11-7-4-8-12-20/h3-12,18,21-23,25-27,31,40-42H,2,13-17H2,1H3,(H,33,43)(H2,34,36,37,38)/t21?,22?,25-,26+,27-,31?/m0/s1/i1D. The lowest BCUT2D eigenvalue weighted by Crippen LogP contribution is -2.42. The molecule has 232 valence electrons. The number of anilines is 2. The predicted molar refractivity (Wildman–Crippen MR) is 165 cm³/mol. The van der Waals surface area contributed by atoms with E-state index in [-0.39, 0.29) is 31.5 Å². The van der Waals surface area contributed by atoms with Gasteiger partial charge in [-0.2, -0.15) is 9.97 Å². The van der Waals surface area contributed by atoms with Crippen molar-refractivity contribution >= 4 is 28.8 Å². The number of aliphatic hydroxyl groups excluding tert-OH is 3. The van der Waals surface area contributed by atoms with Crippen LogP contribution in [0.1, 0.15) is 57.2 Å². The van der Waals surface area contributed by atoms with Crippen LogP contribution in [0.2, 0.25) is 0 Å². The van der Waals surface area contributed by atoms with Gasteiger partial charge in [0, 0.05) is 26.4 Å². The Labute approximate surface area is 256 Å². The Hall–Kier alpha value is -4.10. The molecule has 1 saturated heterocycles. The third-order valence-corrected chi connectivity index (χ3v) is 8.40. The van der Waals surface area contributed by atoms with Crippen LogP contribution in [0.4, 0.5) is 11.8 Å². The van der Waals surface area contributed by atoms with Crippen LogP contribution in [0.3, 0.4) is 0 Å². The van der Waals surface area contributed by atoms with Crippen LogP contribution in [0.5, 0.6) is 0 Å². The number of fused-ring (bicyclic) bond motifs is 1. The number of carbonyl (C=O) groups excluding carboxylic acids is 1. The molecule has 3 heterocycles. The maximum Gasteiger partial charge on any atom is 0.252 e. The first-order valence-electron chi connectivity index (χ1n) is 15.7. The summed E-state index contributed by atoms with van der Waals surface area (Å²) in [5, 5.41) is 41.1. The number of imidazole rings is 1. The molecule has 1 unspecified atom stereocenters. The van der Waals surface area contributed by atoms with Crippen LogP contribution in [-0.4, -0.2) is 84.3 Å². The second-order valence-corrected chi connectivity index (χ2v) is 11.3. The first-order valence-corrected chi connectivity index (χ1v) is 15.0. The number of nitrogens with zero attached hydrogens (tertiary/aromatic N) is 4. The highest BCUT2D eigenvalue weighted by molar-refractivity contribution is 5.85. The topological polar surface area (TPSA) is 167 Å². The fourth-order valence-corrected chi connectivity index (χ4v) is 6.02. The lowest BCUT2D eigenvalue weighted by molar-refractivity contribution is -0.137. The van der Waals surface area contributed by atoms with Gasteiger partial charge < -0.3 is 36.0 Å². The number of benzene rings is 2. The normalized spacial score (nSPS) is 25.6. The smallest absolute Gasteiger partial charge is 0.252 e. The number of carbonyl (C=O) groups is 1. The SMILES string of the molecule is [2H]CCNC(=O)[C@H]1OC(n2cnc3c(NCC(c4ccccc4)c4ccccc4)nc(NC4CCC(O)CC4)nc32)[C@H](O)[C@@H]1O. The molecule has 2 aliphatic rings. The minimum atomic E-state index is -1.48. The molecule has 4 atom stereocenters. The van der Waals surface area contributed by atoms with Crippen molar-refractivity contribution in [2.45, 2.75) is 75.2 Å². The van der Waals surface area contributed by atoms with Gasteiger partial charge in [0.1, 0.15) is 12.2 Å². The fourth-order valence-electron chi connectivity index (χ4n) is 6.02. The summed E-state index contributed by atoms with van der Waals surface area (Å²) in [6, 6.07) is 20.5. The Bertz CT molecular complexity index is 1530. The van der Waals surface area contributed by atoms with Gasteiger partial charge in [0.15, 0.2) is 29.3 Å². The first-order chi connectivity index (χ1) is 21.9. The van der Waals surface area contributed by atoms with Crippen molar-refractivity contribution in [1.82, 2.24) is 24.8 Å². The van der Waals surface area contributed by atoms with E-state index in [4.69, 9.17) is 16.1 Å². The number of rotatable bonds is 10. The molecule has 1 amide bonds. The van der Waals surface area contributed by atoms with Gasteiger partial charge in [0.05, 0.1) is 12.4 Å². The number of aliphatic hydroxyl groups is 3. The quantitative estimate of drug-likeness (QED) is 0.159. The van der Waals surface area contributed by atoms with Gasteiger partial charge in [-0.15, -0.1) is 0 Å². The monoisotopic (exact) mass is 602 g/mol. The first kappa shape index (κ1) is 28.7. The number of hydrogen-bond acceptors (Lipinski definition) is 10. The minimum Gasteiger partial charge on any atom is -0.393 e. The minimum absolute atomic E-state index is 0.00821. The molecular formula is C32H39N7O5. The van der Waals surface area contributed by atoms with Crippen molar-refractivity contribution in [1.29, 1.82) is 0 Å². The van der Waals surface area contributed by atoms with Crippen molar-refractivity contribution < 1.29 is 26.2 Å². The van der Waals surface area contributed by atoms with Gasteiger partial charge in [0.25, 0.3) is 5.91 Å². The third-order valence-electron chi connectivity index (χ3n) is 8.40. The van der Waals surface area contributed by atoms with E-state index in [1.54, 1.807) is 0 Å². The number of ether oxygens (including phenoxy) is 1. The molecule has 44 heavy (non-hydrogen) atoms. The molecule has 4 aromatic rings. The van der Waals surface area contributed by atoms with E-state index >= 15 is 0 Å². The zero-order valence-corrected chi connectivity index (χ0v) is 24.3. The van der Waals surface area contributed by atoms with E-state index in [1.165, 1.54) is 10.9 Å². The highest BCUT2D eigenvalue weighted by atomic mass is 16.6. The number of amides is 1. The summed E-state index contributed by atoms with van der Waals surface area (Å²) in [7, 11) is 0. The predicted octanol–water partition coefficient (Wildman–Crippen LogP) is 2.54. The van der Waals surface area contributed by atoms with E-state index in [1.807, 2.05) is 36.4 Å². The number of hydrogen-bond donors (Lipinski definition) is 6. The van der Waals surface area contributed by atoms with Crippen molar-refractivity contribution in [3.8, 4) is 0 Å². The Morgan fingerprint density at radius 3 is 2.34 bits per heavy atom. The maximum absolute atomic E-state index is 12.6. The van der Waals surface area contributed by atoms with Crippen LogP contribution in [0, 0.1) is 0 Å². The summed E-state index contributed by atoms with van der Waals surface area (Å²) < 4.78 is 14.7. The molecule has 0 spiro atoms. The average molecular weight is 603 g/mol. The van der Waals surface area contributed by atoms with Crippen LogP contribution < -0.4 is 16.0 Å². The van der Waals surface area contributed by atoms with Gasteiger partial charge in [0.2, 0.25) is 5.95 Å². The summed E-state index contributed by atoms with van der Waals surface area (Å²) >= 11 is 0. The fraction of sp³-hybridized carbons (Fsp3) is 0.438. The highest BCUT2D eigenvalue weighted by Crippen LogP contribution is 2.34. The van der Waals surface area contributed by atoms with E-state index in [0.29, 0.717) is 42.3 Å². The van der Waals surface area contributed by atoms with Gasteiger partial charge in [-0.1, -0.05) is 60.7 Å². The molecule has 12 nitrogen and oxygen atoms in total. The molecule has 12 heteroatoms. The van der Waals surface area contributed by atoms with E-state index < -0.39 is 30.4 Å². The second kappa shape index (κ2) is 13.3. The molecule has 1 aliphatic carbocycles. The van der Waals surface area contributed by atoms with Crippen LogP contribution in [0.15, 0.2) is 67.0 Å². The highest BCUT2D eigenvalue weighted by Gasteiger charge is 2.47. The number of aromatic nitrogens is 4. The summed E-state index contributed by atoms with van der Waals surface area (Å²) in [4.78, 5) is 26.7. The zero-order valence-electron chi connectivity index (χ0n) is 25.3. The molecule has 6 N–H and O–H groups in total. The summed E-state index contributed by atoms with van der Waals surface area (Å²) in [6.45, 7) is 0.578. The van der Waals surface area contributed by atoms with Crippen LogP contribution in [0.25, 0.3) is 11.2 Å². The second-order valence-electron chi connectivity index (χ2n) is 11.3. The van der Waals surface area contributed by atoms with Gasteiger partial charge in [-0.05, 0) is 43.7 Å². The number of nitrogens with one attached hydrogen (secondary N) is 3. The molecule has 0 bridgehead atoms. The molecule has 0 radical (unpaired) electrons. The van der Waals surface area contributed by atoms with Crippen molar-refractivity contribution in [2.24, 2.45) is 0 Å². The zero-order chi connectivity index (χ0) is 31.3. The van der Waals surface area contributed by atoms with Gasteiger partial charge in [-0.25, -0.2) is 4.98 Å². The summed E-state index contributed by atoms with van der Waals surface area (Å²) in [6.07, 6.45) is -1.33. The van der Waals surface area contributed by atoms with Crippen LogP contribution >= 0.6 is 0 Å². The van der Waals surface area contributed by atoms with Gasteiger partial charge >= 0.3 is 0 Å². The maximum atomic E-state index is 12.6. The van der Waals surface area contributed by atoms with Crippen molar-refractivity contribution in [3.63, 3.8) is 0 Å². The molecule has 1 aliphatic heterocycles. The van der Waals surface area contributed by atoms with E-state index in [0.717, 1.165) is 24.0 Å². The van der Waals surface area contributed by atoms with Crippen LogP contribution in [-0.2, 0) is 9.53 Å². The summed E-state index contributed by atoms with van der Waals surface area (Å²) in [5.41, 5.74) is 3.06. The summed E-state index contributed by atoms with van der Waals surface area (Å²) in [5.74, 6) is 0.231. The molecule has 1 saturated carbocycles. The molecule has 6 rings (SSSR count). The third kappa shape index (κ3) is 6.25. The average Bonchev–Trinajstić information content (AvgIpc) is 3.62. The molecule has 2 aromatic carbocycles. The number of likely N-dealkylation sites (N-methyl/N-ethyl adjacent to an activating group) is 1. The lowest BCUT2D eigenvalue weighted by atomic mass is 9.91. The van der Waals surface area contributed by atoms with E-state index in [9.17, 15) is 20.1 Å². The largest absolute Gasteiger partial charge is 0.393 e. The van der Waals surface area contributed by atoms with Crippen molar-refractivity contribution in [2.75, 3.05) is 23.7 Å².